The summed E-state index contributed by atoms with van der Waals surface area (Å²) in [5, 5.41) is 3.91. The molecule has 0 saturated carbocycles. The number of hydrogen-bond acceptors (Lipinski definition) is 4. The third kappa shape index (κ3) is 35.3. The van der Waals surface area contributed by atoms with Gasteiger partial charge in [-0.3, -0.25) is 4.79 Å². The van der Waals surface area contributed by atoms with E-state index in [-0.39, 0.29) is 0 Å². The summed E-state index contributed by atoms with van der Waals surface area (Å²) >= 11 is 1.57. The summed E-state index contributed by atoms with van der Waals surface area (Å²) in [5.74, 6) is 0.963. The molecule has 1 atom stereocenters. The molecule has 1 unspecified atom stereocenters. The summed E-state index contributed by atoms with van der Waals surface area (Å²) in [7, 11) is 0.425. The minimum Gasteiger partial charge on any atom is -0.416 e. The number of carbonyl (C=O) groups is 1. The second-order valence-electron chi connectivity index (χ2n) is 14.8. The first-order valence-corrected chi connectivity index (χ1v) is 24.5. The third-order valence-electron chi connectivity index (χ3n) is 9.66. The van der Waals surface area contributed by atoms with Crippen LogP contribution in [-0.2, 0) is 9.22 Å². The molecule has 0 spiro atoms. The van der Waals surface area contributed by atoms with Crippen LogP contribution in [-0.4, -0.2) is 38.9 Å². The Bertz CT molecular complexity index is 603. The van der Waals surface area contributed by atoms with Gasteiger partial charge in [-0.2, -0.15) is 0 Å². The Morgan fingerprint density at radius 3 is 1.36 bits per heavy atom. The second-order valence-corrected chi connectivity index (χ2v) is 20.2. The van der Waals surface area contributed by atoms with Crippen molar-refractivity contribution in [3.63, 3.8) is 0 Å². The molecule has 0 aromatic heterocycles. The van der Waals surface area contributed by atoms with Gasteiger partial charge in [0.05, 0.1) is 0 Å². The summed E-state index contributed by atoms with van der Waals surface area (Å²) in [4.78, 5) is 12.3. The Hall–Kier alpha value is 0.157. The monoisotopic (exact) mass is 670 g/mol. The van der Waals surface area contributed by atoms with Crippen molar-refractivity contribution in [1.82, 2.24) is 5.32 Å². The molecule has 0 aliphatic heterocycles. The molecular formula is C40H83NO2SSi. The number of carbonyl (C=O) groups excluding carboxylic acids is 1. The number of nitrogens with one attached hydrogen (secondary N) is 1. The number of rotatable bonds is 37. The normalized spacial score (nSPS) is 12.6. The highest BCUT2D eigenvalue weighted by Crippen LogP contribution is 2.20. The van der Waals surface area contributed by atoms with Gasteiger partial charge >= 0.3 is 0 Å². The summed E-state index contributed by atoms with van der Waals surface area (Å²) in [6, 6.07) is 1.63. The fourth-order valence-electron chi connectivity index (χ4n) is 6.34. The second kappa shape index (κ2) is 35.5. The molecule has 0 saturated heterocycles. The first-order valence-electron chi connectivity index (χ1n) is 20.4. The van der Waals surface area contributed by atoms with E-state index in [1.165, 1.54) is 173 Å². The Morgan fingerprint density at radius 2 is 0.956 bits per heavy atom. The van der Waals surface area contributed by atoms with Crippen LogP contribution >= 0.6 is 11.8 Å². The quantitative estimate of drug-likeness (QED) is 0.0528. The summed E-state index contributed by atoms with van der Waals surface area (Å²) in [6.07, 6.45) is 40.7. The van der Waals surface area contributed by atoms with Crippen molar-refractivity contribution in [1.29, 1.82) is 0 Å². The maximum Gasteiger partial charge on any atom is 0.188 e. The van der Waals surface area contributed by atoms with Gasteiger partial charge in [0.25, 0.3) is 0 Å². The Balaban J connectivity index is 3.57. The van der Waals surface area contributed by atoms with Gasteiger partial charge in [0.1, 0.15) is 0 Å². The third-order valence-corrected chi connectivity index (χ3v) is 13.2. The van der Waals surface area contributed by atoms with Crippen LogP contribution < -0.4 is 5.32 Å². The molecule has 0 fully saturated rings. The van der Waals surface area contributed by atoms with E-state index >= 15 is 0 Å². The van der Waals surface area contributed by atoms with Crippen molar-refractivity contribution >= 4 is 25.2 Å². The molecule has 5 heteroatoms. The van der Waals surface area contributed by atoms with E-state index in [2.05, 4.69) is 39.3 Å². The van der Waals surface area contributed by atoms with Gasteiger partial charge in [-0.15, -0.1) is 0 Å². The zero-order valence-corrected chi connectivity index (χ0v) is 33.5. The molecular weight excluding hydrogens is 587 g/mol. The molecule has 0 aliphatic carbocycles. The van der Waals surface area contributed by atoms with Gasteiger partial charge in [0, 0.05) is 24.8 Å². The lowest BCUT2D eigenvalue weighted by atomic mass is 10.0. The van der Waals surface area contributed by atoms with E-state index < -0.39 is 8.32 Å². The number of thioether (sulfide) groups is 1. The van der Waals surface area contributed by atoms with Crippen LogP contribution in [0.25, 0.3) is 0 Å². The van der Waals surface area contributed by atoms with Gasteiger partial charge in [-0.1, -0.05) is 193 Å². The van der Waals surface area contributed by atoms with Crippen LogP contribution in [0.15, 0.2) is 0 Å². The van der Waals surface area contributed by atoms with Gasteiger partial charge in [-0.25, -0.2) is 0 Å². The number of hydrogen-bond donors (Lipinski definition) is 1. The highest BCUT2D eigenvalue weighted by Gasteiger charge is 2.23. The average Bonchev–Trinajstić information content (AvgIpc) is 3.03. The van der Waals surface area contributed by atoms with Crippen LogP contribution in [0.1, 0.15) is 206 Å². The minimum atomic E-state index is -1.67. The fraction of sp³-hybridized carbons (Fsp3) is 0.975. The van der Waals surface area contributed by atoms with Crippen molar-refractivity contribution in [3.8, 4) is 0 Å². The molecule has 0 aromatic carbocycles. The van der Waals surface area contributed by atoms with Crippen molar-refractivity contribution < 1.29 is 9.22 Å². The zero-order chi connectivity index (χ0) is 33.1. The van der Waals surface area contributed by atoms with E-state index in [4.69, 9.17) is 4.43 Å². The van der Waals surface area contributed by atoms with Gasteiger partial charge in [0.2, 0.25) is 0 Å². The van der Waals surface area contributed by atoms with Crippen LogP contribution in [0.2, 0.25) is 19.1 Å². The molecule has 0 bridgehead atoms. The average molecular weight is 670 g/mol. The molecule has 1 N–H and O–H groups in total. The van der Waals surface area contributed by atoms with Gasteiger partial charge in [-0.05, 0) is 45.4 Å². The minimum absolute atomic E-state index is 0.401. The van der Waals surface area contributed by atoms with Crippen LogP contribution in [0, 0.1) is 0 Å². The van der Waals surface area contributed by atoms with E-state index in [0.29, 0.717) is 11.2 Å². The van der Waals surface area contributed by atoms with Crippen molar-refractivity contribution in [3.05, 3.63) is 0 Å². The van der Waals surface area contributed by atoms with Crippen LogP contribution in [0.5, 0.6) is 0 Å². The van der Waals surface area contributed by atoms with Crippen LogP contribution in [0.3, 0.4) is 0 Å². The van der Waals surface area contributed by atoms with E-state index in [0.717, 1.165) is 37.7 Å². The Morgan fingerprint density at radius 1 is 0.578 bits per heavy atom. The molecule has 3 nitrogen and oxygen atoms in total. The smallest absolute Gasteiger partial charge is 0.188 e. The molecule has 0 rings (SSSR count). The van der Waals surface area contributed by atoms with Crippen molar-refractivity contribution in [2.45, 2.75) is 232 Å². The fourth-order valence-corrected chi connectivity index (χ4v) is 9.22. The molecule has 0 aromatic rings. The number of unbranched alkanes of at least 4 members (excludes halogenated alkanes) is 25. The molecule has 0 heterocycles. The number of likely N-dealkylation sites (N-methyl/N-ethyl adjacent to an activating group) is 1. The Labute approximate surface area is 289 Å². The van der Waals surface area contributed by atoms with Crippen molar-refractivity contribution in [2.24, 2.45) is 0 Å². The maximum atomic E-state index is 12.3. The Kier molecular flexibility index (Phi) is 35.6. The van der Waals surface area contributed by atoms with E-state index in [1.807, 2.05) is 0 Å². The topological polar surface area (TPSA) is 38.3 Å². The van der Waals surface area contributed by atoms with Crippen molar-refractivity contribution in [2.75, 3.05) is 19.4 Å². The van der Waals surface area contributed by atoms with Gasteiger partial charge < -0.3 is 9.74 Å². The summed E-state index contributed by atoms with van der Waals surface area (Å²) < 4.78 is 6.49. The highest BCUT2D eigenvalue weighted by atomic mass is 32.2. The highest BCUT2D eigenvalue weighted by molar-refractivity contribution is 8.13. The standard InChI is InChI=1S/C40H83NO2SSi/c1-6-8-10-12-14-16-17-18-19-20-21-22-23-24-26-27-29-31-34-39(41-3)38-43-45(4,5)37-33-36-44-40(42)35-32-30-28-25-15-13-11-9-7-2/h39,41H,6-38H2,1-5H3. The molecule has 270 valence electrons. The van der Waals surface area contributed by atoms with Gasteiger partial charge in [0.15, 0.2) is 13.4 Å². The maximum absolute atomic E-state index is 12.3. The van der Waals surface area contributed by atoms with E-state index in [1.54, 1.807) is 11.8 Å². The molecule has 0 aliphatic rings. The molecule has 0 radical (unpaired) electrons. The first-order chi connectivity index (χ1) is 21.9. The predicted octanol–water partition coefficient (Wildman–Crippen LogP) is 13.8. The largest absolute Gasteiger partial charge is 0.416 e. The lowest BCUT2D eigenvalue weighted by Gasteiger charge is -2.26. The van der Waals surface area contributed by atoms with Crippen LogP contribution in [0.4, 0.5) is 0 Å². The molecule has 45 heavy (non-hydrogen) atoms. The molecule has 0 amide bonds. The summed E-state index contributed by atoms with van der Waals surface area (Å²) in [6.45, 7) is 10.1. The lowest BCUT2D eigenvalue weighted by Crippen LogP contribution is -2.38. The SMILES string of the molecule is CCCCCCCCCCCCCCCCCCCCC(CO[Si](C)(C)CCCSC(=O)CCCCCCCCCCC)NC. The summed E-state index contributed by atoms with van der Waals surface area (Å²) in [5.41, 5.74) is 0. The lowest BCUT2D eigenvalue weighted by molar-refractivity contribution is -0.111. The zero-order valence-electron chi connectivity index (χ0n) is 31.6. The van der Waals surface area contributed by atoms with E-state index in [9.17, 15) is 4.79 Å². The first kappa shape index (κ1) is 45.2. The predicted molar refractivity (Wildman–Crippen MR) is 208 cm³/mol.